The minimum absolute atomic E-state index is 0.0391. The number of amides is 1. The summed E-state index contributed by atoms with van der Waals surface area (Å²) in [7, 11) is -3.44. The zero-order chi connectivity index (χ0) is 21.4. The summed E-state index contributed by atoms with van der Waals surface area (Å²) in [5.41, 5.74) is -0.334. The molecular weight excluding hydrogens is 425 g/mol. The summed E-state index contributed by atoms with van der Waals surface area (Å²) in [6, 6.07) is 11.0. The molecule has 0 aliphatic heterocycles. The Balaban J connectivity index is 1.88. The normalized spacial score (nSPS) is 12.2. The van der Waals surface area contributed by atoms with Crippen molar-refractivity contribution >= 4 is 48.7 Å². The van der Waals surface area contributed by atoms with E-state index in [-0.39, 0.29) is 12.2 Å². The van der Waals surface area contributed by atoms with Gasteiger partial charge in [0.05, 0.1) is 22.4 Å². The largest absolute Gasteiger partial charge is 0.416 e. The standard InChI is InChI=1S/C19H17F3N2O3S2/c1-3-24(29(2,26)27)15-7-8-16-12(9-15)10-17(28-16)18(25)23-14-6-4-5-13(11-14)19(20,21)22/h4-11H,3H2,1-2H3,(H,23,25). The highest BCUT2D eigenvalue weighted by molar-refractivity contribution is 7.92. The summed E-state index contributed by atoms with van der Waals surface area (Å²) in [6.07, 6.45) is -3.39. The zero-order valence-corrected chi connectivity index (χ0v) is 17.1. The molecule has 0 unspecified atom stereocenters. The first kappa shape index (κ1) is 21.1. The van der Waals surface area contributed by atoms with Crippen LogP contribution in [-0.2, 0) is 16.2 Å². The van der Waals surface area contributed by atoms with Crippen molar-refractivity contribution in [2.24, 2.45) is 0 Å². The fourth-order valence-electron chi connectivity index (χ4n) is 2.87. The Morgan fingerprint density at radius 3 is 2.48 bits per heavy atom. The van der Waals surface area contributed by atoms with E-state index in [0.29, 0.717) is 16.0 Å². The number of carbonyl (C=O) groups excluding carboxylic acids is 1. The highest BCUT2D eigenvalue weighted by Gasteiger charge is 2.30. The van der Waals surface area contributed by atoms with Crippen LogP contribution in [-0.4, -0.2) is 27.1 Å². The third kappa shape index (κ3) is 4.70. The lowest BCUT2D eigenvalue weighted by Gasteiger charge is -2.20. The second kappa shape index (κ2) is 7.68. The molecule has 1 heterocycles. The third-order valence-electron chi connectivity index (χ3n) is 4.15. The summed E-state index contributed by atoms with van der Waals surface area (Å²) in [5, 5.41) is 3.14. The van der Waals surface area contributed by atoms with Crippen molar-refractivity contribution in [3.63, 3.8) is 0 Å². The van der Waals surface area contributed by atoms with Gasteiger partial charge in [-0.3, -0.25) is 9.10 Å². The Labute approximate surface area is 169 Å². The van der Waals surface area contributed by atoms with Crippen LogP contribution in [0.4, 0.5) is 24.5 Å². The number of fused-ring (bicyclic) bond motifs is 1. The number of anilines is 2. The number of benzene rings is 2. The number of carbonyl (C=O) groups is 1. The smallest absolute Gasteiger partial charge is 0.321 e. The van der Waals surface area contributed by atoms with E-state index in [0.717, 1.165) is 23.1 Å². The molecule has 0 aliphatic carbocycles. The predicted molar refractivity (Wildman–Crippen MR) is 109 cm³/mol. The zero-order valence-electron chi connectivity index (χ0n) is 15.4. The first-order valence-electron chi connectivity index (χ1n) is 8.49. The molecule has 3 rings (SSSR count). The van der Waals surface area contributed by atoms with E-state index in [1.165, 1.54) is 27.8 Å². The van der Waals surface area contributed by atoms with Crippen molar-refractivity contribution in [1.29, 1.82) is 0 Å². The molecule has 0 aliphatic rings. The molecule has 0 radical (unpaired) electrons. The van der Waals surface area contributed by atoms with Gasteiger partial charge in [0.1, 0.15) is 0 Å². The van der Waals surface area contributed by atoms with Crippen LogP contribution in [0.1, 0.15) is 22.2 Å². The van der Waals surface area contributed by atoms with E-state index < -0.39 is 27.7 Å². The maximum absolute atomic E-state index is 12.8. The first-order valence-corrected chi connectivity index (χ1v) is 11.2. The Bertz CT molecular complexity index is 1170. The van der Waals surface area contributed by atoms with Gasteiger partial charge >= 0.3 is 6.18 Å². The van der Waals surface area contributed by atoms with E-state index in [1.807, 2.05) is 0 Å². The van der Waals surface area contributed by atoms with Crippen LogP contribution < -0.4 is 9.62 Å². The lowest BCUT2D eigenvalue weighted by Crippen LogP contribution is -2.29. The monoisotopic (exact) mass is 442 g/mol. The number of halogens is 3. The molecule has 1 amide bonds. The van der Waals surface area contributed by atoms with Gasteiger partial charge in [0.2, 0.25) is 10.0 Å². The lowest BCUT2D eigenvalue weighted by molar-refractivity contribution is -0.137. The maximum atomic E-state index is 12.8. The van der Waals surface area contributed by atoms with Crippen molar-refractivity contribution in [3.05, 3.63) is 59.0 Å². The molecule has 29 heavy (non-hydrogen) atoms. The molecule has 0 saturated carbocycles. The second-order valence-corrected chi connectivity index (χ2v) is 9.28. The summed E-state index contributed by atoms with van der Waals surface area (Å²) >= 11 is 1.17. The highest BCUT2D eigenvalue weighted by Crippen LogP contribution is 2.32. The van der Waals surface area contributed by atoms with E-state index in [9.17, 15) is 26.4 Å². The number of alkyl halides is 3. The van der Waals surface area contributed by atoms with Crippen LogP contribution in [0.3, 0.4) is 0 Å². The molecule has 5 nitrogen and oxygen atoms in total. The molecule has 10 heteroatoms. The summed E-state index contributed by atoms with van der Waals surface area (Å²) in [6.45, 7) is 1.98. The van der Waals surface area contributed by atoms with Gasteiger partial charge in [0.15, 0.2) is 0 Å². The van der Waals surface area contributed by atoms with E-state index in [1.54, 1.807) is 31.2 Å². The molecule has 3 aromatic rings. The maximum Gasteiger partial charge on any atom is 0.416 e. The Morgan fingerprint density at radius 2 is 1.86 bits per heavy atom. The molecule has 0 bridgehead atoms. The van der Waals surface area contributed by atoms with Crippen LogP contribution in [0.25, 0.3) is 10.1 Å². The van der Waals surface area contributed by atoms with E-state index in [2.05, 4.69) is 5.32 Å². The average molecular weight is 442 g/mol. The molecule has 0 saturated heterocycles. The molecule has 1 N–H and O–H groups in total. The van der Waals surface area contributed by atoms with Crippen LogP contribution in [0.2, 0.25) is 0 Å². The van der Waals surface area contributed by atoms with Crippen molar-refractivity contribution < 1.29 is 26.4 Å². The van der Waals surface area contributed by atoms with Gasteiger partial charge in [-0.1, -0.05) is 6.07 Å². The Hall–Kier alpha value is -2.59. The van der Waals surface area contributed by atoms with Gasteiger partial charge in [-0.05, 0) is 54.8 Å². The van der Waals surface area contributed by atoms with Crippen LogP contribution >= 0.6 is 11.3 Å². The fraction of sp³-hybridized carbons (Fsp3) is 0.211. The molecule has 0 spiro atoms. The van der Waals surface area contributed by atoms with Crippen LogP contribution in [0, 0.1) is 0 Å². The number of nitrogens with zero attached hydrogens (tertiary/aromatic N) is 1. The van der Waals surface area contributed by atoms with Crippen molar-refractivity contribution in [2.45, 2.75) is 13.1 Å². The fourth-order valence-corrected chi connectivity index (χ4v) is 4.78. The number of rotatable bonds is 5. The average Bonchev–Trinajstić information content (AvgIpc) is 3.04. The van der Waals surface area contributed by atoms with E-state index >= 15 is 0 Å². The second-order valence-electron chi connectivity index (χ2n) is 6.29. The minimum Gasteiger partial charge on any atom is -0.321 e. The summed E-state index contributed by atoms with van der Waals surface area (Å²) in [5.74, 6) is -0.539. The van der Waals surface area contributed by atoms with Crippen LogP contribution in [0.5, 0.6) is 0 Å². The number of thiophene rings is 1. The minimum atomic E-state index is -4.50. The lowest BCUT2D eigenvalue weighted by atomic mass is 10.2. The summed E-state index contributed by atoms with van der Waals surface area (Å²) in [4.78, 5) is 12.8. The predicted octanol–water partition coefficient (Wildman–Crippen LogP) is 4.96. The number of hydrogen-bond donors (Lipinski definition) is 1. The van der Waals surface area contributed by atoms with Gasteiger partial charge in [0, 0.05) is 16.9 Å². The third-order valence-corrected chi connectivity index (χ3v) is 6.53. The number of nitrogens with one attached hydrogen (secondary N) is 1. The van der Waals surface area contributed by atoms with Gasteiger partial charge in [0.25, 0.3) is 5.91 Å². The van der Waals surface area contributed by atoms with Gasteiger partial charge in [-0.25, -0.2) is 8.42 Å². The van der Waals surface area contributed by atoms with Crippen molar-refractivity contribution in [3.8, 4) is 0 Å². The molecular formula is C19H17F3N2O3S2. The molecule has 1 aromatic heterocycles. The Morgan fingerprint density at radius 1 is 1.14 bits per heavy atom. The topological polar surface area (TPSA) is 66.5 Å². The first-order chi connectivity index (χ1) is 13.5. The van der Waals surface area contributed by atoms with Gasteiger partial charge in [-0.2, -0.15) is 13.2 Å². The SMILES string of the molecule is CCN(c1ccc2sc(C(=O)Nc3cccc(C(F)(F)F)c3)cc2c1)S(C)(=O)=O. The molecule has 0 fully saturated rings. The Kier molecular flexibility index (Phi) is 5.59. The number of hydrogen-bond acceptors (Lipinski definition) is 4. The van der Waals surface area contributed by atoms with Crippen LogP contribution in [0.15, 0.2) is 48.5 Å². The van der Waals surface area contributed by atoms with Crippen molar-refractivity contribution in [2.75, 3.05) is 22.4 Å². The van der Waals surface area contributed by atoms with Gasteiger partial charge < -0.3 is 5.32 Å². The number of sulfonamides is 1. The quantitative estimate of drug-likeness (QED) is 0.608. The van der Waals surface area contributed by atoms with Crippen molar-refractivity contribution in [1.82, 2.24) is 0 Å². The summed E-state index contributed by atoms with van der Waals surface area (Å²) < 4.78 is 64.3. The molecule has 2 aromatic carbocycles. The van der Waals surface area contributed by atoms with E-state index in [4.69, 9.17) is 0 Å². The molecule has 0 atom stereocenters. The highest BCUT2D eigenvalue weighted by atomic mass is 32.2. The molecule has 154 valence electrons. The van der Waals surface area contributed by atoms with Gasteiger partial charge in [-0.15, -0.1) is 11.3 Å².